The van der Waals surface area contributed by atoms with E-state index < -0.39 is 161 Å². The van der Waals surface area contributed by atoms with Gasteiger partial charge in [-0.1, -0.05) is 77.8 Å². The number of nitrogens with zero attached hydrogens (tertiary/aromatic N) is 5. The number of non-ortho nitro benzene ring substituents is 1. The van der Waals surface area contributed by atoms with Crippen LogP contribution in [0.25, 0.3) is 21.9 Å². The highest BCUT2D eigenvalue weighted by Gasteiger charge is 2.43. The molecule has 36 nitrogen and oxygen atoms in total. The number of carboxylic acids is 2. The summed E-state index contributed by atoms with van der Waals surface area (Å²) in [5.74, 6) is -12.7. The molecule has 2 aliphatic heterocycles. The molecular formula is C72H99N17O19. The SMILES string of the molecule is CCCC[C@H](NC(=O)[C@@H]1CCCN1C(=O)[C@@H](C)NC(=O)[C@H](CC(=O)O)NC(=O)[C@@H]1CCCN1C(=O)[C@H](CCCCNc1ccc([N+](=O)[O-])c2nonc12)NC(=O)[C@H](CC(C)C)NC(=O)[C@H](CCC(N)=O)NC(=O)[C@H](CC(C)C)NC(=O)[C@@H](N)Cc1c[nH]c2ccccc12)C(=O)N[C@@H](Cc1ccc(O)cc1)C(=O)O. The van der Waals surface area contributed by atoms with E-state index in [2.05, 4.69) is 63.1 Å². The number of hydrogen-bond acceptors (Lipinski definition) is 21. The molecule has 0 aliphatic carbocycles. The molecule has 36 heteroatoms. The third-order valence-corrected chi connectivity index (χ3v) is 18.8. The molecule has 0 spiro atoms. The molecule has 108 heavy (non-hydrogen) atoms. The van der Waals surface area contributed by atoms with Crippen molar-refractivity contribution in [1.82, 2.24) is 67.6 Å². The molecule has 4 heterocycles. The number of para-hydroxylation sites is 1. The summed E-state index contributed by atoms with van der Waals surface area (Å²) in [7, 11) is 0. The minimum absolute atomic E-state index is 0.0116. The van der Waals surface area contributed by atoms with Crippen molar-refractivity contribution in [3.05, 3.63) is 88.1 Å². The maximum absolute atomic E-state index is 15.1. The van der Waals surface area contributed by atoms with Crippen molar-refractivity contribution in [3.8, 4) is 5.75 Å². The number of fused-ring (bicyclic) bond motifs is 2. The summed E-state index contributed by atoms with van der Waals surface area (Å²) in [6, 6.07) is 0.601. The molecule has 11 atom stereocenters. The van der Waals surface area contributed by atoms with Gasteiger partial charge in [-0.05, 0) is 142 Å². The molecule has 7 rings (SSSR count). The lowest BCUT2D eigenvalue weighted by Crippen LogP contribution is -2.60. The number of aliphatic carboxylic acids is 2. The molecule has 2 fully saturated rings. The number of nitro groups is 1. The normalized spacial score (nSPS) is 16.7. The molecule has 2 saturated heterocycles. The topological polar surface area (TPSA) is 547 Å². The summed E-state index contributed by atoms with van der Waals surface area (Å²) in [5.41, 5.74) is 14.0. The second-order valence-electron chi connectivity index (χ2n) is 28.2. The summed E-state index contributed by atoms with van der Waals surface area (Å²) in [6.07, 6.45) is 2.12. The second-order valence-corrected chi connectivity index (χ2v) is 28.2. The smallest absolute Gasteiger partial charge is 0.326 e. The van der Waals surface area contributed by atoms with Gasteiger partial charge >= 0.3 is 17.6 Å². The molecule has 0 radical (unpaired) electrons. The second kappa shape index (κ2) is 39.9. The number of primary amides is 1. The molecule has 2 aromatic heterocycles. The highest BCUT2D eigenvalue weighted by molar-refractivity contribution is 6.00. The first kappa shape index (κ1) is 83.9. The maximum Gasteiger partial charge on any atom is 0.326 e. The summed E-state index contributed by atoms with van der Waals surface area (Å²) in [4.78, 5) is 197. The molecule has 0 saturated carbocycles. The van der Waals surface area contributed by atoms with Crippen LogP contribution in [0.15, 0.2) is 71.5 Å². The van der Waals surface area contributed by atoms with E-state index in [-0.39, 0.29) is 131 Å². The first-order valence-corrected chi connectivity index (χ1v) is 36.3. The van der Waals surface area contributed by atoms with E-state index in [1.54, 1.807) is 20.0 Å². The Morgan fingerprint density at radius 3 is 1.75 bits per heavy atom. The number of benzene rings is 3. The van der Waals surface area contributed by atoms with Crippen molar-refractivity contribution < 1.29 is 87.2 Å². The number of aromatic hydroxyl groups is 1. The van der Waals surface area contributed by atoms with E-state index >= 15 is 4.79 Å². The number of H-pyrrole nitrogens is 1. The predicted molar refractivity (Wildman–Crippen MR) is 390 cm³/mol. The van der Waals surface area contributed by atoms with Crippen molar-refractivity contribution in [2.24, 2.45) is 23.3 Å². The van der Waals surface area contributed by atoms with Crippen molar-refractivity contribution in [3.63, 3.8) is 0 Å². The van der Waals surface area contributed by atoms with Gasteiger partial charge in [0.1, 0.15) is 66.2 Å². The standard InChI is InChI=1S/C72H99N17O19/c1-7-8-16-48(63(95)84-54(72(104)105)34-41-21-23-43(90)24-22-41)79-68(100)56-19-13-30-87(56)70(102)40(6)77-65(97)53(36-59(92)93)83-69(101)57-20-14-31-88(57)71(103)50(18-11-12-29-75-47-25-27-55(89(106)107)61-60(47)85-108-86-61)80-67(99)52(33-39(4)5)82-64(96)49(26-28-58(74)91)78-66(98)51(32-38(2)3)81-62(94)45(73)35-42-37-76-46-17-10-9-15-44(42)46/h9-10,15,17,21-25,27,37-40,45,48-54,56-57,75-76,90H,7-8,11-14,16,18-20,26,28-36,73H2,1-6H3,(H2,74,91)(H,77,97)(H,78,98)(H,79,100)(H,80,99)(H,81,94)(H,82,96)(H,83,101)(H,84,95)(H,92,93)(H,104,105)/t40-,45+,48+,49+,50+,51+,52+,53+,54+,56+,57+/m1/s1. The van der Waals surface area contributed by atoms with E-state index in [9.17, 15) is 83.0 Å². The number of carbonyl (C=O) groups excluding carboxylic acids is 11. The Hall–Kier alpha value is -11.3. The lowest BCUT2D eigenvalue weighted by atomic mass is 9.99. The van der Waals surface area contributed by atoms with Crippen LogP contribution in [0.1, 0.15) is 149 Å². The van der Waals surface area contributed by atoms with Crippen molar-refractivity contribution in [2.45, 2.75) is 217 Å². The molecule has 586 valence electrons. The molecule has 0 unspecified atom stereocenters. The Kier molecular flexibility index (Phi) is 31.0. The predicted octanol–water partition coefficient (Wildman–Crippen LogP) is 1.70. The number of amides is 11. The van der Waals surface area contributed by atoms with Crippen LogP contribution in [0.2, 0.25) is 0 Å². The number of nitrogens with one attached hydrogen (secondary N) is 10. The highest BCUT2D eigenvalue weighted by atomic mass is 16.6. The number of anilines is 1. The number of aromatic nitrogens is 3. The maximum atomic E-state index is 15.1. The van der Waals surface area contributed by atoms with Gasteiger partial charge < -0.3 is 89.4 Å². The van der Waals surface area contributed by atoms with Gasteiger partial charge in [0, 0.05) is 55.6 Å². The fourth-order valence-electron chi connectivity index (χ4n) is 13.2. The zero-order valence-corrected chi connectivity index (χ0v) is 61.3. The van der Waals surface area contributed by atoms with E-state index in [1.165, 1.54) is 48.2 Å². The average Bonchev–Trinajstić information content (AvgIpc) is 1.60. The number of rotatable bonds is 42. The van der Waals surface area contributed by atoms with Crippen molar-refractivity contribution in [1.29, 1.82) is 0 Å². The van der Waals surface area contributed by atoms with E-state index in [0.717, 1.165) is 21.4 Å². The Morgan fingerprint density at radius 2 is 1.16 bits per heavy atom. The number of unbranched alkanes of at least 4 members (excludes halogenated alkanes) is 2. The quantitative estimate of drug-likeness (QED) is 0.0150. The number of carboxylic acid groups (broad SMARTS) is 2. The third-order valence-electron chi connectivity index (χ3n) is 18.8. The Balaban J connectivity index is 1.05. The minimum Gasteiger partial charge on any atom is -0.508 e. The Labute approximate surface area is 622 Å². The van der Waals surface area contributed by atoms with Crippen LogP contribution in [0, 0.1) is 22.0 Å². The molecule has 5 aromatic rings. The Bertz CT molecular complexity index is 4050. The summed E-state index contributed by atoms with van der Waals surface area (Å²) < 4.78 is 4.79. The number of carbonyl (C=O) groups is 13. The first-order chi connectivity index (χ1) is 51.3. The number of nitrogens with two attached hydrogens (primary N) is 2. The van der Waals surface area contributed by atoms with Crippen LogP contribution in [0.4, 0.5) is 11.4 Å². The van der Waals surface area contributed by atoms with Gasteiger partial charge in [0.05, 0.1) is 23.1 Å². The number of nitro benzene ring substituents is 1. The van der Waals surface area contributed by atoms with E-state index in [0.29, 0.717) is 30.5 Å². The van der Waals surface area contributed by atoms with Crippen LogP contribution < -0.4 is 59.3 Å². The number of likely N-dealkylation sites (tertiary alicyclic amines) is 2. The van der Waals surface area contributed by atoms with E-state index in [4.69, 9.17) is 16.1 Å². The lowest BCUT2D eigenvalue weighted by Gasteiger charge is -2.31. The van der Waals surface area contributed by atoms with Crippen LogP contribution in [-0.4, -0.2) is 208 Å². The molecule has 17 N–H and O–H groups in total. The largest absolute Gasteiger partial charge is 0.508 e. The number of aromatic amines is 1. The van der Waals surface area contributed by atoms with Gasteiger partial charge in [0.25, 0.3) is 0 Å². The third kappa shape index (κ3) is 23.8. The molecular weight excluding hydrogens is 1410 g/mol. The lowest BCUT2D eigenvalue weighted by molar-refractivity contribution is -0.383. The van der Waals surface area contributed by atoms with Gasteiger partial charge in [-0.25, -0.2) is 9.42 Å². The molecule has 11 amide bonds. The van der Waals surface area contributed by atoms with Gasteiger partial charge in [0.15, 0.2) is 5.52 Å². The zero-order chi connectivity index (χ0) is 79.1. The summed E-state index contributed by atoms with van der Waals surface area (Å²) >= 11 is 0. The van der Waals surface area contributed by atoms with Gasteiger partial charge in [-0.3, -0.25) is 67.6 Å². The number of phenols is 1. The van der Waals surface area contributed by atoms with Gasteiger partial charge in [-0.2, -0.15) is 0 Å². The van der Waals surface area contributed by atoms with Crippen LogP contribution >= 0.6 is 0 Å². The fraction of sp³-hybridized carbons (Fsp3) is 0.542. The number of hydrogen-bond donors (Lipinski definition) is 15. The molecule has 0 bridgehead atoms. The highest BCUT2D eigenvalue weighted by Crippen LogP contribution is 2.30. The zero-order valence-electron chi connectivity index (χ0n) is 61.3. The summed E-state index contributed by atoms with van der Waals surface area (Å²) in [5, 5.41) is 73.8. The number of phenolic OH excluding ortho intramolecular Hbond substituents is 1. The van der Waals surface area contributed by atoms with Gasteiger partial charge in [0.2, 0.25) is 70.5 Å². The van der Waals surface area contributed by atoms with Crippen LogP contribution in [-0.2, 0) is 75.2 Å². The van der Waals surface area contributed by atoms with Crippen molar-refractivity contribution in [2.75, 3.05) is 25.0 Å². The van der Waals surface area contributed by atoms with Crippen molar-refractivity contribution >= 4 is 110 Å². The first-order valence-electron chi connectivity index (χ1n) is 36.3. The fourth-order valence-corrected chi connectivity index (χ4v) is 13.2. The summed E-state index contributed by atoms with van der Waals surface area (Å²) in [6.45, 7) is 10.4. The minimum atomic E-state index is -1.85. The monoisotopic (exact) mass is 1510 g/mol. The Morgan fingerprint density at radius 1 is 0.620 bits per heavy atom. The average molecular weight is 1510 g/mol. The van der Waals surface area contributed by atoms with E-state index in [1.807, 2.05) is 45.0 Å². The molecule has 3 aromatic carbocycles. The van der Waals surface area contributed by atoms with Gasteiger partial charge in [-0.15, -0.1) is 0 Å². The van der Waals surface area contributed by atoms with Crippen LogP contribution in [0.3, 0.4) is 0 Å². The molecule has 2 aliphatic rings. The van der Waals surface area contributed by atoms with Crippen LogP contribution in [0.5, 0.6) is 5.75 Å².